The second-order valence-electron chi connectivity index (χ2n) is 4.82. The van der Waals surface area contributed by atoms with Crippen molar-refractivity contribution in [1.82, 2.24) is 4.90 Å². The summed E-state index contributed by atoms with van der Waals surface area (Å²) in [6.45, 7) is 3.71. The molecular weight excluding hydrogens is 362 g/mol. The number of benzene rings is 1. The number of rotatable bonds is 7. The molecule has 1 aliphatic heterocycles. The van der Waals surface area contributed by atoms with Crippen LogP contribution in [0.1, 0.15) is 5.56 Å². The van der Waals surface area contributed by atoms with Gasteiger partial charge < -0.3 is 14.2 Å². The monoisotopic (exact) mass is 379 g/mol. The van der Waals surface area contributed by atoms with E-state index in [4.69, 9.17) is 21.7 Å². The fraction of sp³-hybridized carbons (Fsp3) is 0.235. The van der Waals surface area contributed by atoms with E-state index in [0.29, 0.717) is 32.8 Å². The second-order valence-corrected chi connectivity index (χ2v) is 6.50. The molecule has 1 aliphatic rings. The van der Waals surface area contributed by atoms with Gasteiger partial charge in [0.2, 0.25) is 0 Å². The zero-order chi connectivity index (χ0) is 18.4. The fourth-order valence-electron chi connectivity index (χ4n) is 2.08. The van der Waals surface area contributed by atoms with Crippen LogP contribution in [0.4, 0.5) is 0 Å². The van der Waals surface area contributed by atoms with Crippen molar-refractivity contribution in [2.45, 2.75) is 0 Å². The molecule has 0 aromatic heterocycles. The Labute approximate surface area is 155 Å². The van der Waals surface area contributed by atoms with Gasteiger partial charge in [-0.25, -0.2) is 4.79 Å². The molecule has 0 atom stereocenters. The maximum absolute atomic E-state index is 12.4. The van der Waals surface area contributed by atoms with Gasteiger partial charge in [-0.3, -0.25) is 9.69 Å². The highest BCUT2D eigenvalue weighted by Crippen LogP contribution is 2.37. The van der Waals surface area contributed by atoms with Crippen molar-refractivity contribution in [2.75, 3.05) is 27.4 Å². The summed E-state index contributed by atoms with van der Waals surface area (Å²) in [5, 5.41) is 0. The molecule has 0 unspecified atom stereocenters. The van der Waals surface area contributed by atoms with Gasteiger partial charge in [0.15, 0.2) is 18.1 Å². The summed E-state index contributed by atoms with van der Waals surface area (Å²) in [6, 6.07) is 5.22. The van der Waals surface area contributed by atoms with E-state index in [-0.39, 0.29) is 12.5 Å². The van der Waals surface area contributed by atoms with Crippen molar-refractivity contribution >= 4 is 46.3 Å². The molecule has 8 heteroatoms. The predicted molar refractivity (Wildman–Crippen MR) is 101 cm³/mol. The van der Waals surface area contributed by atoms with Gasteiger partial charge in [0, 0.05) is 12.1 Å². The first-order chi connectivity index (χ1) is 12.0. The minimum absolute atomic E-state index is 0.198. The van der Waals surface area contributed by atoms with Crippen LogP contribution in [-0.2, 0) is 14.3 Å². The maximum Gasteiger partial charge on any atom is 0.343 e. The normalized spacial score (nSPS) is 15.4. The standard InChI is InChI=1S/C17H17NO5S2/c1-4-8-18-16(20)13(25-17(18)24)9-11-6-5-7-12(21-2)15(11)23-10-14(19)22-3/h4-7,9H,1,8,10H2,2-3H3/b13-9-. The number of hydrogen-bond acceptors (Lipinski definition) is 7. The molecule has 1 fully saturated rings. The third-order valence-electron chi connectivity index (χ3n) is 3.26. The SMILES string of the molecule is C=CCN1C(=O)/C(=C/c2cccc(OC)c2OCC(=O)OC)SC1=S. The van der Waals surface area contributed by atoms with Crippen LogP contribution in [0.15, 0.2) is 35.8 Å². The number of ether oxygens (including phenoxy) is 3. The van der Waals surface area contributed by atoms with E-state index in [9.17, 15) is 9.59 Å². The summed E-state index contributed by atoms with van der Waals surface area (Å²) in [7, 11) is 2.77. The lowest BCUT2D eigenvalue weighted by Gasteiger charge is -2.13. The zero-order valence-corrected chi connectivity index (χ0v) is 15.4. The van der Waals surface area contributed by atoms with Gasteiger partial charge in [-0.2, -0.15) is 0 Å². The number of carbonyl (C=O) groups excluding carboxylic acids is 2. The highest BCUT2D eigenvalue weighted by molar-refractivity contribution is 8.26. The molecule has 0 aliphatic carbocycles. The number of carbonyl (C=O) groups is 2. The van der Waals surface area contributed by atoms with Gasteiger partial charge in [-0.1, -0.05) is 42.2 Å². The number of para-hydroxylation sites is 1. The van der Waals surface area contributed by atoms with Gasteiger partial charge in [0.1, 0.15) is 4.32 Å². The average Bonchev–Trinajstić information content (AvgIpc) is 2.87. The third kappa shape index (κ3) is 4.40. The largest absolute Gasteiger partial charge is 0.493 e. The summed E-state index contributed by atoms with van der Waals surface area (Å²) in [5.41, 5.74) is 0.599. The minimum atomic E-state index is -0.519. The van der Waals surface area contributed by atoms with Crippen LogP contribution in [0, 0.1) is 0 Å². The van der Waals surface area contributed by atoms with Crippen LogP contribution in [0.3, 0.4) is 0 Å². The number of thiocarbonyl (C=S) groups is 1. The first-order valence-electron chi connectivity index (χ1n) is 7.24. The smallest absolute Gasteiger partial charge is 0.343 e. The first-order valence-corrected chi connectivity index (χ1v) is 8.47. The lowest BCUT2D eigenvalue weighted by atomic mass is 10.1. The van der Waals surface area contributed by atoms with E-state index in [2.05, 4.69) is 11.3 Å². The minimum Gasteiger partial charge on any atom is -0.493 e. The molecule has 1 aromatic rings. The molecule has 0 spiro atoms. The van der Waals surface area contributed by atoms with Crippen molar-refractivity contribution in [2.24, 2.45) is 0 Å². The quantitative estimate of drug-likeness (QED) is 0.312. The van der Waals surface area contributed by atoms with Crippen LogP contribution in [-0.4, -0.2) is 48.5 Å². The Balaban J connectivity index is 2.35. The number of esters is 1. The lowest BCUT2D eigenvalue weighted by molar-refractivity contribution is -0.142. The van der Waals surface area contributed by atoms with Crippen LogP contribution in [0.5, 0.6) is 11.5 Å². The molecule has 0 radical (unpaired) electrons. The van der Waals surface area contributed by atoms with Crippen molar-refractivity contribution in [3.05, 3.63) is 41.3 Å². The average molecular weight is 379 g/mol. The van der Waals surface area contributed by atoms with E-state index >= 15 is 0 Å². The van der Waals surface area contributed by atoms with Crippen LogP contribution in [0.25, 0.3) is 6.08 Å². The Morgan fingerprint density at radius 3 is 2.80 bits per heavy atom. The molecule has 0 saturated carbocycles. The summed E-state index contributed by atoms with van der Waals surface area (Å²) < 4.78 is 15.9. The zero-order valence-electron chi connectivity index (χ0n) is 13.8. The number of nitrogens with zero attached hydrogens (tertiary/aromatic N) is 1. The van der Waals surface area contributed by atoms with Gasteiger partial charge in [-0.05, 0) is 12.1 Å². The van der Waals surface area contributed by atoms with Crippen LogP contribution in [0.2, 0.25) is 0 Å². The van der Waals surface area contributed by atoms with Crippen molar-refractivity contribution in [3.8, 4) is 11.5 Å². The van der Waals surface area contributed by atoms with Gasteiger partial charge in [0.05, 0.1) is 19.1 Å². The maximum atomic E-state index is 12.4. The molecule has 1 aromatic carbocycles. The molecule has 6 nitrogen and oxygen atoms in total. The van der Waals surface area contributed by atoms with E-state index < -0.39 is 5.97 Å². The molecule has 1 saturated heterocycles. The van der Waals surface area contributed by atoms with Gasteiger partial charge in [0.25, 0.3) is 5.91 Å². The van der Waals surface area contributed by atoms with E-state index in [1.54, 1.807) is 30.4 Å². The lowest BCUT2D eigenvalue weighted by Crippen LogP contribution is -2.27. The molecule has 132 valence electrons. The second kappa shape index (κ2) is 8.68. The summed E-state index contributed by atoms with van der Waals surface area (Å²) in [4.78, 5) is 25.7. The molecule has 25 heavy (non-hydrogen) atoms. The fourth-order valence-corrected chi connectivity index (χ4v) is 3.35. The predicted octanol–water partition coefficient (Wildman–Crippen LogP) is 2.63. The van der Waals surface area contributed by atoms with Crippen molar-refractivity contribution in [3.63, 3.8) is 0 Å². The number of amides is 1. The molecular formula is C17H17NO5S2. The first kappa shape index (κ1) is 19.0. The topological polar surface area (TPSA) is 65.1 Å². The van der Waals surface area contributed by atoms with Crippen molar-refractivity contribution in [1.29, 1.82) is 0 Å². The Kier molecular flexibility index (Phi) is 6.60. The summed E-state index contributed by atoms with van der Waals surface area (Å²) in [6.07, 6.45) is 3.28. The number of methoxy groups -OCH3 is 2. The third-order valence-corrected chi connectivity index (χ3v) is 4.64. The number of hydrogen-bond donors (Lipinski definition) is 0. The molecule has 2 rings (SSSR count). The molecule has 0 bridgehead atoms. The molecule has 1 heterocycles. The Morgan fingerprint density at radius 1 is 1.40 bits per heavy atom. The Hall–Kier alpha value is -2.32. The molecule has 1 amide bonds. The number of thioether (sulfide) groups is 1. The summed E-state index contributed by atoms with van der Waals surface area (Å²) in [5.74, 6) is 0.0782. The highest BCUT2D eigenvalue weighted by Gasteiger charge is 2.31. The van der Waals surface area contributed by atoms with E-state index in [1.165, 1.54) is 30.9 Å². The van der Waals surface area contributed by atoms with Gasteiger partial charge >= 0.3 is 5.97 Å². The molecule has 0 N–H and O–H groups in total. The van der Waals surface area contributed by atoms with Crippen molar-refractivity contribution < 1.29 is 23.8 Å². The van der Waals surface area contributed by atoms with E-state index in [0.717, 1.165) is 0 Å². The van der Waals surface area contributed by atoms with Crippen LogP contribution >= 0.6 is 24.0 Å². The highest BCUT2D eigenvalue weighted by atomic mass is 32.2. The van der Waals surface area contributed by atoms with Crippen LogP contribution < -0.4 is 9.47 Å². The van der Waals surface area contributed by atoms with E-state index in [1.807, 2.05) is 0 Å². The van der Waals surface area contributed by atoms with Gasteiger partial charge in [-0.15, -0.1) is 6.58 Å². The Bertz CT molecular complexity index is 745. The summed E-state index contributed by atoms with van der Waals surface area (Å²) >= 11 is 6.42. The Morgan fingerprint density at radius 2 is 2.16 bits per heavy atom.